The fraction of sp³-hybridized carbons (Fsp3) is 0.286. The van der Waals surface area contributed by atoms with E-state index < -0.39 is 36.1 Å². The van der Waals surface area contributed by atoms with Crippen LogP contribution in [0.1, 0.15) is 30.9 Å². The van der Waals surface area contributed by atoms with Crippen molar-refractivity contribution >= 4 is 45.1 Å². The topological polar surface area (TPSA) is 84.5 Å². The number of carbonyl (C=O) groups excluding carboxylic acids is 3. The van der Waals surface area contributed by atoms with Crippen molar-refractivity contribution in [2.24, 2.45) is 0 Å². The molecule has 166 valence electrons. The van der Waals surface area contributed by atoms with Gasteiger partial charge in [-0.25, -0.2) is 0 Å². The Hall–Kier alpha value is -2.88. The van der Waals surface area contributed by atoms with E-state index >= 15 is 0 Å². The van der Waals surface area contributed by atoms with Crippen molar-refractivity contribution in [3.8, 4) is 0 Å². The van der Waals surface area contributed by atoms with Gasteiger partial charge in [-0.05, 0) is 48.4 Å². The molecule has 2 aromatic rings. The third kappa shape index (κ3) is 8.05. The van der Waals surface area contributed by atoms with Crippen LogP contribution in [-0.2, 0) is 31.7 Å². The molecule has 0 bridgehead atoms. The van der Waals surface area contributed by atoms with E-state index in [0.717, 1.165) is 22.2 Å². The lowest BCUT2D eigenvalue weighted by molar-refractivity contribution is -0.147. The quantitative estimate of drug-likeness (QED) is 0.503. The molecule has 0 aliphatic carbocycles. The molecule has 0 spiro atoms. The van der Waals surface area contributed by atoms with Gasteiger partial charge in [0, 0.05) is 22.3 Å². The van der Waals surface area contributed by atoms with Crippen LogP contribution >= 0.6 is 15.9 Å². The number of nitrogens with one attached hydrogen (secondary N) is 2. The van der Waals surface area contributed by atoms with E-state index in [-0.39, 0.29) is 18.5 Å². The van der Waals surface area contributed by atoms with Crippen LogP contribution in [0.4, 0.5) is 24.5 Å². The molecule has 0 atom stereocenters. The molecular formula is C21H20BrF3N2O4. The summed E-state index contributed by atoms with van der Waals surface area (Å²) in [5.74, 6) is -1.96. The molecule has 10 heteroatoms. The van der Waals surface area contributed by atoms with E-state index in [2.05, 4.69) is 26.6 Å². The first-order valence-corrected chi connectivity index (χ1v) is 10.1. The summed E-state index contributed by atoms with van der Waals surface area (Å²) in [6.07, 6.45) is -4.46. The first-order chi connectivity index (χ1) is 14.6. The van der Waals surface area contributed by atoms with Gasteiger partial charge in [0.05, 0.1) is 12.0 Å². The smallest absolute Gasteiger partial charge is 0.416 e. The summed E-state index contributed by atoms with van der Waals surface area (Å²) >= 11 is 3.35. The highest BCUT2D eigenvalue weighted by Crippen LogP contribution is 2.30. The van der Waals surface area contributed by atoms with E-state index in [0.29, 0.717) is 12.1 Å². The molecule has 2 rings (SSSR count). The molecule has 0 aliphatic heterocycles. The van der Waals surface area contributed by atoms with Crippen LogP contribution in [-0.4, -0.2) is 24.4 Å². The Labute approximate surface area is 185 Å². The number of hydrogen-bond acceptors (Lipinski definition) is 4. The number of hydrogen-bond donors (Lipinski definition) is 2. The normalized spacial score (nSPS) is 11.0. The van der Waals surface area contributed by atoms with Crippen LogP contribution in [0.5, 0.6) is 0 Å². The molecule has 31 heavy (non-hydrogen) atoms. The van der Waals surface area contributed by atoms with Crippen molar-refractivity contribution in [2.75, 3.05) is 17.2 Å². The number of alkyl halides is 3. The molecule has 0 unspecified atom stereocenters. The Balaban J connectivity index is 1.77. The number of benzene rings is 2. The van der Waals surface area contributed by atoms with Crippen molar-refractivity contribution < 1.29 is 32.3 Å². The first kappa shape index (κ1) is 24.4. The lowest BCUT2D eigenvalue weighted by Crippen LogP contribution is -2.22. The Morgan fingerprint density at radius 1 is 1.00 bits per heavy atom. The van der Waals surface area contributed by atoms with Gasteiger partial charge < -0.3 is 15.4 Å². The number of ether oxygens (including phenoxy) is 1. The molecule has 0 radical (unpaired) electrons. The highest BCUT2D eigenvalue weighted by molar-refractivity contribution is 9.10. The highest BCUT2D eigenvalue weighted by Gasteiger charge is 2.30. The largest absolute Gasteiger partial charge is 0.456 e. The minimum atomic E-state index is -4.53. The lowest BCUT2D eigenvalue weighted by Gasteiger charge is -2.11. The number of rotatable bonds is 8. The molecule has 2 N–H and O–H groups in total. The summed E-state index contributed by atoms with van der Waals surface area (Å²) in [6, 6.07) is 9.52. The summed E-state index contributed by atoms with van der Waals surface area (Å²) < 4.78 is 43.8. The summed E-state index contributed by atoms with van der Waals surface area (Å²) in [4.78, 5) is 35.6. The van der Waals surface area contributed by atoms with Gasteiger partial charge in [-0.1, -0.05) is 28.9 Å². The molecule has 0 saturated heterocycles. The zero-order valence-corrected chi connectivity index (χ0v) is 18.1. The molecule has 0 aliphatic rings. The molecule has 2 amide bonds. The summed E-state index contributed by atoms with van der Waals surface area (Å²) in [6.45, 7) is 1.41. The molecule has 0 fully saturated rings. The highest BCUT2D eigenvalue weighted by atomic mass is 79.9. The molecule has 0 aromatic heterocycles. The standard InChI is InChI=1S/C21H20BrF3N2O4/c1-2-13-10-15(22)6-7-17(13)27-19(29)12-31-20(30)9-8-18(28)26-16-5-3-4-14(11-16)21(23,24)25/h3-7,10-11H,2,8-9,12H2,1H3,(H,26,28)(H,27,29). The van der Waals surface area contributed by atoms with Crippen molar-refractivity contribution in [1.82, 2.24) is 0 Å². The maximum atomic E-state index is 12.7. The number of esters is 1. The molecule has 0 saturated carbocycles. The zero-order chi connectivity index (χ0) is 23.0. The maximum Gasteiger partial charge on any atom is 0.416 e. The number of amides is 2. The number of anilines is 2. The van der Waals surface area contributed by atoms with Crippen molar-refractivity contribution in [3.63, 3.8) is 0 Å². The third-order valence-electron chi connectivity index (χ3n) is 4.12. The fourth-order valence-corrected chi connectivity index (χ4v) is 3.00. The second-order valence-electron chi connectivity index (χ2n) is 6.49. The summed E-state index contributed by atoms with van der Waals surface area (Å²) in [5, 5.41) is 4.95. The van der Waals surface area contributed by atoms with Gasteiger partial charge in [-0.3, -0.25) is 14.4 Å². The zero-order valence-electron chi connectivity index (χ0n) is 16.5. The van der Waals surface area contributed by atoms with Crippen LogP contribution in [0.3, 0.4) is 0 Å². The SMILES string of the molecule is CCc1cc(Br)ccc1NC(=O)COC(=O)CCC(=O)Nc1cccc(C(F)(F)F)c1. The van der Waals surface area contributed by atoms with Crippen LogP contribution < -0.4 is 10.6 Å². The Bertz CT molecular complexity index is 964. The average molecular weight is 501 g/mol. The van der Waals surface area contributed by atoms with E-state index in [9.17, 15) is 27.6 Å². The molecular weight excluding hydrogens is 481 g/mol. The predicted molar refractivity (Wildman–Crippen MR) is 112 cm³/mol. The Morgan fingerprint density at radius 3 is 2.42 bits per heavy atom. The maximum absolute atomic E-state index is 12.7. The average Bonchev–Trinajstić information content (AvgIpc) is 2.71. The van der Waals surface area contributed by atoms with E-state index in [1.54, 1.807) is 12.1 Å². The molecule has 2 aromatic carbocycles. The minimum absolute atomic E-state index is 0.0335. The minimum Gasteiger partial charge on any atom is -0.456 e. The number of aryl methyl sites for hydroxylation is 1. The van der Waals surface area contributed by atoms with Gasteiger partial charge in [0.25, 0.3) is 5.91 Å². The summed E-state index contributed by atoms with van der Waals surface area (Å²) in [5.41, 5.74) is 0.578. The fourth-order valence-electron chi connectivity index (χ4n) is 2.59. The van der Waals surface area contributed by atoms with E-state index in [1.165, 1.54) is 12.1 Å². The lowest BCUT2D eigenvalue weighted by atomic mass is 10.1. The van der Waals surface area contributed by atoms with Gasteiger partial charge >= 0.3 is 12.1 Å². The van der Waals surface area contributed by atoms with Gasteiger partial charge in [-0.15, -0.1) is 0 Å². The Morgan fingerprint density at radius 2 is 1.74 bits per heavy atom. The van der Waals surface area contributed by atoms with Crippen molar-refractivity contribution in [3.05, 3.63) is 58.1 Å². The second-order valence-corrected chi connectivity index (χ2v) is 7.41. The van der Waals surface area contributed by atoms with Crippen LogP contribution in [0.15, 0.2) is 46.9 Å². The molecule has 0 heterocycles. The number of carbonyl (C=O) groups is 3. The van der Waals surface area contributed by atoms with Crippen molar-refractivity contribution in [1.29, 1.82) is 0 Å². The predicted octanol–water partition coefficient (Wildman–Crippen LogP) is 4.93. The van der Waals surface area contributed by atoms with Gasteiger partial charge in [0.1, 0.15) is 0 Å². The third-order valence-corrected chi connectivity index (χ3v) is 4.61. The van der Waals surface area contributed by atoms with Crippen LogP contribution in [0.2, 0.25) is 0 Å². The summed E-state index contributed by atoms with van der Waals surface area (Å²) in [7, 11) is 0. The monoisotopic (exact) mass is 500 g/mol. The van der Waals surface area contributed by atoms with E-state index in [1.807, 2.05) is 13.0 Å². The van der Waals surface area contributed by atoms with Gasteiger partial charge in [0.15, 0.2) is 6.61 Å². The van der Waals surface area contributed by atoms with Gasteiger partial charge in [-0.2, -0.15) is 13.2 Å². The Kier molecular flexibility index (Phi) is 8.61. The van der Waals surface area contributed by atoms with Crippen molar-refractivity contribution in [2.45, 2.75) is 32.4 Å². The second kappa shape index (κ2) is 10.9. The number of halogens is 4. The first-order valence-electron chi connectivity index (χ1n) is 9.29. The van der Waals surface area contributed by atoms with Gasteiger partial charge in [0.2, 0.25) is 5.91 Å². The van der Waals surface area contributed by atoms with Crippen LogP contribution in [0.25, 0.3) is 0 Å². The van der Waals surface area contributed by atoms with E-state index in [4.69, 9.17) is 4.74 Å². The van der Waals surface area contributed by atoms with Crippen LogP contribution in [0, 0.1) is 0 Å². The molecule has 6 nitrogen and oxygen atoms in total.